The molecule has 2 nitrogen and oxygen atoms in total. The first-order valence-electron chi connectivity index (χ1n) is 6.72. The molecule has 1 heterocycles. The van der Waals surface area contributed by atoms with Crippen molar-refractivity contribution in [3.05, 3.63) is 23.9 Å². The van der Waals surface area contributed by atoms with E-state index in [0.717, 1.165) is 37.9 Å². The summed E-state index contributed by atoms with van der Waals surface area (Å²) in [6, 6.07) is 2.41. The fourth-order valence-electron chi connectivity index (χ4n) is 2.51. The number of halogens is 4. The lowest BCUT2D eigenvalue weighted by atomic mass is 9.78. The molecule has 0 aliphatic heterocycles. The molecule has 1 aromatic heterocycles. The van der Waals surface area contributed by atoms with Gasteiger partial charge in [0.1, 0.15) is 5.82 Å². The van der Waals surface area contributed by atoms with Crippen LogP contribution in [-0.2, 0) is 6.18 Å². The van der Waals surface area contributed by atoms with Crippen LogP contribution in [0.4, 0.5) is 19.0 Å². The van der Waals surface area contributed by atoms with E-state index in [2.05, 4.69) is 17.2 Å². The standard InChI is InChI=1S/C14H18ClF3N2/c1-10-4-6-13(9-15,7-5-10)20-12-3-2-11(8-19-12)14(16,17)18/h2-3,8,10H,4-7,9H2,1H3,(H,19,20). The molecule has 0 saturated heterocycles. The summed E-state index contributed by atoms with van der Waals surface area (Å²) in [6.07, 6.45) is 0.479. The van der Waals surface area contributed by atoms with Gasteiger partial charge in [-0.15, -0.1) is 11.6 Å². The average molecular weight is 307 g/mol. The van der Waals surface area contributed by atoms with Crippen molar-refractivity contribution in [3.63, 3.8) is 0 Å². The van der Waals surface area contributed by atoms with E-state index in [1.165, 1.54) is 6.07 Å². The van der Waals surface area contributed by atoms with E-state index in [1.54, 1.807) is 0 Å². The monoisotopic (exact) mass is 306 g/mol. The Morgan fingerprint density at radius 3 is 2.45 bits per heavy atom. The van der Waals surface area contributed by atoms with Crippen LogP contribution in [0.2, 0.25) is 0 Å². The topological polar surface area (TPSA) is 24.9 Å². The highest BCUT2D eigenvalue weighted by atomic mass is 35.5. The van der Waals surface area contributed by atoms with E-state index in [-0.39, 0.29) is 5.54 Å². The van der Waals surface area contributed by atoms with Gasteiger partial charge in [0.05, 0.1) is 11.1 Å². The zero-order valence-electron chi connectivity index (χ0n) is 11.3. The number of pyridine rings is 1. The van der Waals surface area contributed by atoms with Crippen molar-refractivity contribution in [2.24, 2.45) is 5.92 Å². The Hall–Kier alpha value is -0.970. The minimum atomic E-state index is -4.35. The van der Waals surface area contributed by atoms with E-state index >= 15 is 0 Å². The van der Waals surface area contributed by atoms with Crippen LogP contribution in [0.1, 0.15) is 38.2 Å². The molecule has 6 heteroatoms. The molecule has 0 spiro atoms. The number of anilines is 1. The minimum absolute atomic E-state index is 0.249. The second kappa shape index (κ2) is 5.80. The highest BCUT2D eigenvalue weighted by Gasteiger charge is 2.34. The fraction of sp³-hybridized carbons (Fsp3) is 0.643. The SMILES string of the molecule is CC1CCC(CCl)(Nc2ccc(C(F)(F)F)cn2)CC1. The third kappa shape index (κ3) is 3.57. The number of aromatic nitrogens is 1. The first-order chi connectivity index (χ1) is 9.35. The zero-order valence-corrected chi connectivity index (χ0v) is 12.1. The van der Waals surface area contributed by atoms with Crippen LogP contribution < -0.4 is 5.32 Å². The molecule has 20 heavy (non-hydrogen) atoms. The molecule has 0 bridgehead atoms. The van der Waals surface area contributed by atoms with Gasteiger partial charge in [-0.1, -0.05) is 6.92 Å². The summed E-state index contributed by atoms with van der Waals surface area (Å²) < 4.78 is 37.4. The van der Waals surface area contributed by atoms with Crippen LogP contribution in [0.5, 0.6) is 0 Å². The molecule has 0 unspecified atom stereocenters. The van der Waals surface area contributed by atoms with Crippen molar-refractivity contribution < 1.29 is 13.2 Å². The van der Waals surface area contributed by atoms with Crippen molar-refractivity contribution in [2.75, 3.05) is 11.2 Å². The van der Waals surface area contributed by atoms with Crippen molar-refractivity contribution in [2.45, 2.75) is 44.3 Å². The van der Waals surface area contributed by atoms with Crippen LogP contribution >= 0.6 is 11.6 Å². The second-order valence-electron chi connectivity index (χ2n) is 5.65. The molecule has 1 fully saturated rings. The molecule has 0 radical (unpaired) electrons. The predicted octanol–water partition coefficient (Wildman–Crippen LogP) is 4.70. The maximum atomic E-state index is 12.5. The Morgan fingerprint density at radius 1 is 1.35 bits per heavy atom. The molecule has 1 aliphatic rings. The molecule has 1 aromatic rings. The number of nitrogens with zero attached hydrogens (tertiary/aromatic N) is 1. The number of alkyl halides is 4. The Balaban J connectivity index is 2.08. The predicted molar refractivity (Wildman–Crippen MR) is 73.9 cm³/mol. The minimum Gasteiger partial charge on any atom is -0.363 e. The molecule has 1 saturated carbocycles. The van der Waals surface area contributed by atoms with Crippen LogP contribution in [0.25, 0.3) is 0 Å². The average Bonchev–Trinajstić information content (AvgIpc) is 2.41. The van der Waals surface area contributed by atoms with Crippen molar-refractivity contribution in [1.29, 1.82) is 0 Å². The lowest BCUT2D eigenvalue weighted by Gasteiger charge is -2.39. The highest BCUT2D eigenvalue weighted by Crippen LogP contribution is 2.35. The molecular formula is C14H18ClF3N2. The van der Waals surface area contributed by atoms with Crippen LogP contribution in [-0.4, -0.2) is 16.4 Å². The van der Waals surface area contributed by atoms with Crippen molar-refractivity contribution in [3.8, 4) is 0 Å². The fourth-order valence-corrected chi connectivity index (χ4v) is 2.85. The number of hydrogen-bond acceptors (Lipinski definition) is 2. The van der Waals surface area contributed by atoms with E-state index in [4.69, 9.17) is 11.6 Å². The van der Waals surface area contributed by atoms with Gasteiger partial charge in [0.15, 0.2) is 0 Å². The first kappa shape index (κ1) is 15.4. The molecule has 1 N–H and O–H groups in total. The normalized spacial score (nSPS) is 27.4. The smallest absolute Gasteiger partial charge is 0.363 e. The van der Waals surface area contributed by atoms with Gasteiger partial charge in [0.25, 0.3) is 0 Å². The van der Waals surface area contributed by atoms with Gasteiger partial charge < -0.3 is 5.32 Å². The van der Waals surface area contributed by atoms with Crippen molar-refractivity contribution in [1.82, 2.24) is 4.98 Å². The van der Waals surface area contributed by atoms with E-state index in [1.807, 2.05) is 0 Å². The summed E-state index contributed by atoms with van der Waals surface area (Å²) in [5.74, 6) is 1.56. The van der Waals surface area contributed by atoms with Gasteiger partial charge in [-0.2, -0.15) is 13.2 Å². The summed E-state index contributed by atoms with van der Waals surface area (Å²) in [5.41, 5.74) is -0.985. The molecule has 0 aromatic carbocycles. The summed E-state index contributed by atoms with van der Waals surface area (Å²) in [5, 5.41) is 3.23. The first-order valence-corrected chi connectivity index (χ1v) is 7.25. The Labute approximate surface area is 121 Å². The lowest BCUT2D eigenvalue weighted by molar-refractivity contribution is -0.137. The summed E-state index contributed by atoms with van der Waals surface area (Å²) in [6.45, 7) is 2.20. The summed E-state index contributed by atoms with van der Waals surface area (Å²) in [7, 11) is 0. The van der Waals surface area contributed by atoms with Crippen LogP contribution in [0.3, 0.4) is 0 Å². The molecule has 112 valence electrons. The zero-order chi connectivity index (χ0) is 14.8. The van der Waals surface area contributed by atoms with E-state index < -0.39 is 11.7 Å². The van der Waals surface area contributed by atoms with E-state index in [0.29, 0.717) is 17.6 Å². The van der Waals surface area contributed by atoms with Gasteiger partial charge in [-0.3, -0.25) is 0 Å². The Kier molecular flexibility index (Phi) is 4.47. The van der Waals surface area contributed by atoms with Gasteiger partial charge in [0, 0.05) is 12.1 Å². The molecular weight excluding hydrogens is 289 g/mol. The largest absolute Gasteiger partial charge is 0.417 e. The van der Waals surface area contributed by atoms with Gasteiger partial charge in [0.2, 0.25) is 0 Å². The van der Waals surface area contributed by atoms with Gasteiger partial charge in [-0.25, -0.2) is 4.98 Å². The molecule has 1 aliphatic carbocycles. The number of nitrogens with one attached hydrogen (secondary N) is 1. The maximum absolute atomic E-state index is 12.5. The summed E-state index contributed by atoms with van der Waals surface area (Å²) in [4.78, 5) is 3.86. The van der Waals surface area contributed by atoms with Crippen LogP contribution in [0.15, 0.2) is 18.3 Å². The highest BCUT2D eigenvalue weighted by molar-refractivity contribution is 6.18. The number of rotatable bonds is 3. The van der Waals surface area contributed by atoms with E-state index in [9.17, 15) is 13.2 Å². The lowest BCUT2D eigenvalue weighted by Crippen LogP contribution is -2.43. The number of hydrogen-bond donors (Lipinski definition) is 1. The van der Waals surface area contributed by atoms with Crippen LogP contribution in [0, 0.1) is 5.92 Å². The molecule has 0 atom stereocenters. The molecule has 0 amide bonds. The van der Waals surface area contributed by atoms with Gasteiger partial charge in [-0.05, 0) is 43.7 Å². The quantitative estimate of drug-likeness (QED) is 0.819. The Bertz CT molecular complexity index is 437. The third-order valence-electron chi connectivity index (χ3n) is 3.97. The summed E-state index contributed by atoms with van der Waals surface area (Å²) >= 11 is 6.07. The Morgan fingerprint density at radius 2 is 2.00 bits per heavy atom. The van der Waals surface area contributed by atoms with Gasteiger partial charge >= 0.3 is 6.18 Å². The second-order valence-corrected chi connectivity index (χ2v) is 5.92. The third-order valence-corrected chi connectivity index (χ3v) is 4.48. The van der Waals surface area contributed by atoms with Crippen molar-refractivity contribution >= 4 is 17.4 Å². The molecule has 2 rings (SSSR count). The maximum Gasteiger partial charge on any atom is 0.417 e.